The number of carbonyl (C=O) groups is 1. The Hall–Kier alpha value is -3.24. The van der Waals surface area contributed by atoms with Gasteiger partial charge in [-0.2, -0.15) is 0 Å². The quantitative estimate of drug-likeness (QED) is 0.442. The van der Waals surface area contributed by atoms with Gasteiger partial charge in [0.15, 0.2) is 11.6 Å². The summed E-state index contributed by atoms with van der Waals surface area (Å²) < 4.78 is 42.1. The van der Waals surface area contributed by atoms with E-state index in [1.54, 1.807) is 0 Å². The Morgan fingerprint density at radius 2 is 1.67 bits per heavy atom. The first kappa shape index (κ1) is 24.4. The molecule has 0 radical (unpaired) electrons. The first-order valence-electron chi connectivity index (χ1n) is 10.2. The van der Waals surface area contributed by atoms with E-state index in [0.29, 0.717) is 11.6 Å². The van der Waals surface area contributed by atoms with Crippen LogP contribution < -0.4 is 5.43 Å². The van der Waals surface area contributed by atoms with Crippen LogP contribution in [0.1, 0.15) is 47.1 Å². The number of carboxylic acid groups (broad SMARTS) is 1. The van der Waals surface area contributed by atoms with E-state index < -0.39 is 47.1 Å². The van der Waals surface area contributed by atoms with Gasteiger partial charge in [-0.1, -0.05) is 13.8 Å². The lowest BCUT2D eigenvalue weighted by atomic mass is 10.00. The molecule has 0 aliphatic carbocycles. The Kier molecular flexibility index (Phi) is 7.19. The molecule has 176 valence electrons. The highest BCUT2D eigenvalue weighted by molar-refractivity contribution is 5.92. The van der Waals surface area contributed by atoms with Gasteiger partial charge in [0.05, 0.1) is 30.3 Å². The summed E-state index contributed by atoms with van der Waals surface area (Å²) in [6, 6.07) is 1.95. The van der Waals surface area contributed by atoms with Gasteiger partial charge in [0.25, 0.3) is 0 Å². The van der Waals surface area contributed by atoms with E-state index in [2.05, 4.69) is 4.98 Å². The Morgan fingerprint density at radius 1 is 1.03 bits per heavy atom. The number of rotatable bonds is 8. The topological polar surface area (TPSA) is 113 Å². The summed E-state index contributed by atoms with van der Waals surface area (Å²) in [6.07, 6.45) is 1.06. The summed E-state index contributed by atoms with van der Waals surface area (Å²) in [7, 11) is 0. The molecule has 7 nitrogen and oxygen atoms in total. The van der Waals surface area contributed by atoms with Crippen LogP contribution >= 0.6 is 0 Å². The zero-order valence-electron chi connectivity index (χ0n) is 18.0. The van der Waals surface area contributed by atoms with Gasteiger partial charge in [0, 0.05) is 12.3 Å². The molecule has 0 saturated heterocycles. The van der Waals surface area contributed by atoms with Crippen molar-refractivity contribution >= 4 is 17.0 Å². The van der Waals surface area contributed by atoms with Crippen molar-refractivity contribution < 1.29 is 33.3 Å². The summed E-state index contributed by atoms with van der Waals surface area (Å²) in [5.74, 6) is -5.05. The van der Waals surface area contributed by atoms with Gasteiger partial charge in [0.1, 0.15) is 17.0 Å². The van der Waals surface area contributed by atoms with Crippen LogP contribution in [0.4, 0.5) is 13.2 Å². The molecule has 0 amide bonds. The van der Waals surface area contributed by atoms with Gasteiger partial charge in [-0.25, -0.2) is 22.9 Å². The number of aliphatic hydroxyl groups is 2. The number of aromatic carboxylic acids is 1. The lowest BCUT2D eigenvalue weighted by molar-refractivity contribution is 0.0694. The lowest BCUT2D eigenvalue weighted by Crippen LogP contribution is -2.26. The zero-order chi connectivity index (χ0) is 24.4. The van der Waals surface area contributed by atoms with Gasteiger partial charge in [-0.15, -0.1) is 0 Å². The molecular formula is C23H23F3N2O5. The summed E-state index contributed by atoms with van der Waals surface area (Å²) in [6.45, 7) is 2.74. The van der Waals surface area contributed by atoms with Gasteiger partial charge in [-0.05, 0) is 42.0 Å². The predicted molar refractivity (Wildman–Crippen MR) is 114 cm³/mol. The Labute approximate surface area is 186 Å². The Balaban J connectivity index is 2.18. The fraction of sp³-hybridized carbons (Fsp3) is 0.348. The molecule has 3 rings (SSSR count). The van der Waals surface area contributed by atoms with Crippen LogP contribution in [0.2, 0.25) is 0 Å². The minimum absolute atomic E-state index is 0.0190. The maximum absolute atomic E-state index is 14.0. The lowest BCUT2D eigenvalue weighted by Gasteiger charge is -2.24. The van der Waals surface area contributed by atoms with Crippen LogP contribution in [-0.2, 0) is 19.4 Å². The van der Waals surface area contributed by atoms with E-state index in [4.69, 9.17) is 0 Å². The molecule has 3 aromatic rings. The van der Waals surface area contributed by atoms with Gasteiger partial charge < -0.3 is 19.9 Å². The smallest absolute Gasteiger partial charge is 0.341 e. The fourth-order valence-corrected chi connectivity index (χ4v) is 3.75. The highest BCUT2D eigenvalue weighted by Gasteiger charge is 2.23. The molecule has 3 N–H and O–H groups in total. The Morgan fingerprint density at radius 3 is 2.24 bits per heavy atom. The van der Waals surface area contributed by atoms with Gasteiger partial charge in [-0.3, -0.25) is 4.79 Å². The third-order valence-corrected chi connectivity index (χ3v) is 5.62. The van der Waals surface area contributed by atoms with Crippen LogP contribution in [0.25, 0.3) is 11.0 Å². The molecule has 0 bridgehead atoms. The second kappa shape index (κ2) is 9.72. The van der Waals surface area contributed by atoms with Crippen LogP contribution in [0, 0.1) is 23.4 Å². The molecule has 0 fully saturated rings. The van der Waals surface area contributed by atoms with Crippen molar-refractivity contribution in [3.05, 3.63) is 74.5 Å². The number of benzene rings is 1. The molecule has 1 aromatic carbocycles. The minimum atomic E-state index is -1.45. The Bertz CT molecular complexity index is 1270. The average molecular weight is 464 g/mol. The normalized spacial score (nSPS) is 12.5. The largest absolute Gasteiger partial charge is 0.477 e. The zero-order valence-corrected chi connectivity index (χ0v) is 18.0. The molecule has 2 aromatic heterocycles. The molecule has 0 spiro atoms. The molecular weight excluding hydrogens is 441 g/mol. The summed E-state index contributed by atoms with van der Waals surface area (Å²) in [4.78, 5) is 28.9. The van der Waals surface area contributed by atoms with Crippen molar-refractivity contribution in [2.45, 2.75) is 39.3 Å². The monoisotopic (exact) mass is 464 g/mol. The number of aromatic nitrogens is 2. The first-order chi connectivity index (χ1) is 15.6. The van der Waals surface area contributed by atoms with Crippen molar-refractivity contribution in [3.8, 4) is 0 Å². The van der Waals surface area contributed by atoms with Crippen LogP contribution in [0.3, 0.4) is 0 Å². The number of nitrogens with zero attached hydrogens (tertiary/aromatic N) is 2. The third-order valence-electron chi connectivity index (χ3n) is 5.62. The second-order valence-corrected chi connectivity index (χ2v) is 8.06. The molecule has 2 heterocycles. The molecule has 33 heavy (non-hydrogen) atoms. The van der Waals surface area contributed by atoms with Gasteiger partial charge in [0.2, 0.25) is 5.43 Å². The highest BCUT2D eigenvalue weighted by Crippen LogP contribution is 2.25. The number of fused-ring (bicyclic) bond motifs is 1. The molecule has 0 aliphatic heterocycles. The average Bonchev–Trinajstić information content (AvgIpc) is 2.76. The number of pyridine rings is 2. The minimum Gasteiger partial charge on any atom is -0.477 e. The van der Waals surface area contributed by atoms with E-state index in [0.717, 1.165) is 12.3 Å². The van der Waals surface area contributed by atoms with Crippen molar-refractivity contribution in [3.63, 3.8) is 0 Å². The molecule has 0 saturated carbocycles. The predicted octanol–water partition coefficient (Wildman–Crippen LogP) is 2.98. The van der Waals surface area contributed by atoms with Crippen molar-refractivity contribution in [1.29, 1.82) is 0 Å². The molecule has 0 unspecified atom stereocenters. The number of halogens is 3. The summed E-state index contributed by atoms with van der Waals surface area (Å²) >= 11 is 0. The van der Waals surface area contributed by atoms with Crippen LogP contribution in [0.5, 0.6) is 0 Å². The number of carboxylic acids is 1. The summed E-state index contributed by atoms with van der Waals surface area (Å²) in [5.41, 5.74) is -0.851. The number of hydrogen-bond donors (Lipinski definition) is 3. The number of aliphatic hydroxyl groups excluding tert-OH is 2. The number of aryl methyl sites for hydroxylation is 2. The number of hydrogen-bond acceptors (Lipinski definition) is 5. The SMILES string of the molecule is CC(C)[C@@H](CO)n1cc(C(=O)O)c(=O)c2cc(CCc3cc(F)c(F)cc3F)c(CO)nc21. The maximum atomic E-state index is 14.0. The molecule has 1 atom stereocenters. The van der Waals surface area contributed by atoms with E-state index in [1.807, 2.05) is 13.8 Å². The van der Waals surface area contributed by atoms with Crippen LogP contribution in [-0.4, -0.2) is 37.4 Å². The molecule has 10 heteroatoms. The van der Waals surface area contributed by atoms with Crippen LogP contribution in [0.15, 0.2) is 29.2 Å². The first-order valence-corrected chi connectivity index (χ1v) is 10.2. The van der Waals surface area contributed by atoms with E-state index >= 15 is 0 Å². The molecule has 0 aliphatic rings. The van der Waals surface area contributed by atoms with Crippen molar-refractivity contribution in [2.75, 3.05) is 6.61 Å². The maximum Gasteiger partial charge on any atom is 0.341 e. The van der Waals surface area contributed by atoms with Gasteiger partial charge >= 0.3 is 5.97 Å². The summed E-state index contributed by atoms with van der Waals surface area (Å²) in [5, 5.41) is 29.1. The highest BCUT2D eigenvalue weighted by atomic mass is 19.2. The van der Waals surface area contributed by atoms with E-state index in [1.165, 1.54) is 10.6 Å². The third kappa shape index (κ3) is 4.76. The van der Waals surface area contributed by atoms with E-state index in [-0.39, 0.29) is 47.7 Å². The van der Waals surface area contributed by atoms with Crippen molar-refractivity contribution in [1.82, 2.24) is 9.55 Å². The second-order valence-electron chi connectivity index (χ2n) is 8.06. The van der Waals surface area contributed by atoms with Crippen molar-refractivity contribution in [2.24, 2.45) is 5.92 Å². The fourth-order valence-electron chi connectivity index (χ4n) is 3.75. The van der Waals surface area contributed by atoms with E-state index in [9.17, 15) is 38.1 Å². The standard InChI is InChI=1S/C23H23F3N2O5/c1-11(2)20(10-30)28-8-15(23(32)33)21(31)14-5-13(19(9-29)27-22(14)28)4-3-12-6-17(25)18(26)7-16(12)24/h5-8,11,20,29-30H,3-4,9-10H2,1-2H3,(H,32,33)/t20-/m1/s1.